The second-order valence-electron chi connectivity index (χ2n) is 6.58. The highest BCUT2D eigenvalue weighted by atomic mass is 35.5. The minimum Gasteiger partial charge on any atom is -0.339 e. The molecule has 2 aromatic rings. The van der Waals surface area contributed by atoms with Crippen molar-refractivity contribution in [2.75, 3.05) is 13.1 Å². The Balaban J connectivity index is 1.63. The average molecular weight is 431 g/mol. The maximum Gasteiger partial charge on any atom is 0.253 e. The van der Waals surface area contributed by atoms with Gasteiger partial charge >= 0.3 is 0 Å². The van der Waals surface area contributed by atoms with Crippen molar-refractivity contribution in [2.24, 2.45) is 0 Å². The van der Waals surface area contributed by atoms with E-state index < -0.39 is 10.0 Å². The van der Waals surface area contributed by atoms with Crippen LogP contribution < -0.4 is 4.72 Å². The molecule has 0 atom stereocenters. The summed E-state index contributed by atoms with van der Waals surface area (Å²) in [4.78, 5) is 14.5. The molecule has 1 amide bonds. The summed E-state index contributed by atoms with van der Waals surface area (Å²) in [5.74, 6) is -0.142. The van der Waals surface area contributed by atoms with Gasteiger partial charge in [0.1, 0.15) is 4.90 Å². The number of hydrogen-bond donors (Lipinski definition) is 2. The van der Waals surface area contributed by atoms with Crippen LogP contribution in [0.4, 0.5) is 0 Å². The Morgan fingerprint density at radius 2 is 1.89 bits per heavy atom. The lowest BCUT2D eigenvalue weighted by Crippen LogP contribution is -2.46. The summed E-state index contributed by atoms with van der Waals surface area (Å²) in [5, 5.41) is 7.35. The molecule has 0 saturated carbocycles. The number of hydrogen-bond acceptors (Lipinski definition) is 4. The molecule has 7 nitrogen and oxygen atoms in total. The second kappa shape index (κ2) is 7.79. The number of amides is 1. The van der Waals surface area contributed by atoms with Crippen molar-refractivity contribution in [2.45, 2.75) is 37.6 Å². The fourth-order valence-corrected chi connectivity index (χ4v) is 5.20. The van der Waals surface area contributed by atoms with E-state index >= 15 is 0 Å². The summed E-state index contributed by atoms with van der Waals surface area (Å²) < 4.78 is 28.0. The first-order valence-corrected chi connectivity index (χ1v) is 10.7. The van der Waals surface area contributed by atoms with Crippen molar-refractivity contribution in [3.8, 4) is 0 Å². The van der Waals surface area contributed by atoms with Crippen LogP contribution in [0.2, 0.25) is 10.0 Å². The molecule has 0 spiro atoms. The van der Waals surface area contributed by atoms with Gasteiger partial charge in [-0.15, -0.1) is 0 Å². The van der Waals surface area contributed by atoms with Crippen LogP contribution in [0, 0.1) is 13.8 Å². The zero-order valence-corrected chi connectivity index (χ0v) is 17.2. The Hall–Kier alpha value is -1.61. The van der Waals surface area contributed by atoms with E-state index in [0.717, 1.165) is 0 Å². The van der Waals surface area contributed by atoms with Gasteiger partial charge in [-0.2, -0.15) is 5.10 Å². The van der Waals surface area contributed by atoms with Gasteiger partial charge in [-0.1, -0.05) is 23.2 Å². The van der Waals surface area contributed by atoms with E-state index in [4.69, 9.17) is 23.2 Å². The molecule has 3 rings (SSSR count). The van der Waals surface area contributed by atoms with Crippen LogP contribution in [0.3, 0.4) is 0 Å². The third-order valence-corrected chi connectivity index (χ3v) is 7.12. The van der Waals surface area contributed by atoms with E-state index in [1.807, 2.05) is 0 Å². The number of carbonyl (C=O) groups is 1. The lowest BCUT2D eigenvalue weighted by molar-refractivity contribution is 0.0711. The molecular formula is C17H20Cl2N4O3S. The number of benzene rings is 1. The molecule has 10 heteroatoms. The first kappa shape index (κ1) is 20.1. The number of nitrogens with one attached hydrogen (secondary N) is 2. The molecule has 1 aliphatic rings. The maximum atomic E-state index is 12.6. The van der Waals surface area contributed by atoms with E-state index in [-0.39, 0.29) is 16.8 Å². The minimum absolute atomic E-state index is 0.142. The van der Waals surface area contributed by atoms with Crippen molar-refractivity contribution in [3.05, 3.63) is 45.2 Å². The van der Waals surface area contributed by atoms with E-state index in [9.17, 15) is 13.2 Å². The van der Waals surface area contributed by atoms with E-state index in [2.05, 4.69) is 14.9 Å². The molecule has 1 aliphatic heterocycles. The number of likely N-dealkylation sites (tertiary alicyclic amines) is 1. The summed E-state index contributed by atoms with van der Waals surface area (Å²) in [6.45, 7) is 4.23. The van der Waals surface area contributed by atoms with E-state index in [1.165, 1.54) is 0 Å². The number of carbonyl (C=O) groups excluding carboxylic acids is 1. The molecule has 0 unspecified atom stereocenters. The fourth-order valence-electron chi connectivity index (χ4n) is 3.23. The lowest BCUT2D eigenvalue weighted by Gasteiger charge is -2.32. The van der Waals surface area contributed by atoms with Gasteiger partial charge in [-0.25, -0.2) is 13.1 Å². The van der Waals surface area contributed by atoms with Crippen molar-refractivity contribution in [1.29, 1.82) is 0 Å². The standard InChI is InChI=1S/C17H20Cl2N4O3S/c1-10-16(11(2)21-20-10)27(25,26)22-13-5-7-23(8-6-13)17(24)12-3-4-14(18)15(19)9-12/h3-4,9,13,22H,5-8H2,1-2H3,(H,20,21). The molecule has 1 saturated heterocycles. The third kappa shape index (κ3) is 4.29. The SMILES string of the molecule is Cc1n[nH]c(C)c1S(=O)(=O)NC1CCN(C(=O)c2ccc(Cl)c(Cl)c2)CC1. The maximum absolute atomic E-state index is 12.6. The molecule has 0 bridgehead atoms. The molecule has 0 aliphatic carbocycles. The largest absolute Gasteiger partial charge is 0.339 e. The zero-order valence-electron chi connectivity index (χ0n) is 14.9. The average Bonchev–Trinajstić information content (AvgIpc) is 2.96. The highest BCUT2D eigenvalue weighted by Crippen LogP contribution is 2.24. The smallest absolute Gasteiger partial charge is 0.253 e. The molecule has 146 valence electrons. The lowest BCUT2D eigenvalue weighted by atomic mass is 10.0. The highest BCUT2D eigenvalue weighted by molar-refractivity contribution is 7.89. The first-order chi connectivity index (χ1) is 12.7. The Labute approximate surface area is 168 Å². The molecule has 1 fully saturated rings. The van der Waals surface area contributed by atoms with Gasteiger partial charge in [-0.05, 0) is 44.9 Å². The first-order valence-electron chi connectivity index (χ1n) is 8.47. The number of rotatable bonds is 4. The van der Waals surface area contributed by atoms with Crippen molar-refractivity contribution in [3.63, 3.8) is 0 Å². The monoisotopic (exact) mass is 430 g/mol. The van der Waals surface area contributed by atoms with Gasteiger partial charge in [0.15, 0.2) is 0 Å². The van der Waals surface area contributed by atoms with Crippen molar-refractivity contribution < 1.29 is 13.2 Å². The number of aryl methyl sites for hydroxylation is 2. The number of piperidine rings is 1. The van der Waals surface area contributed by atoms with Crippen LogP contribution in [0.5, 0.6) is 0 Å². The topological polar surface area (TPSA) is 95.2 Å². The normalized spacial score (nSPS) is 15.9. The zero-order chi connectivity index (χ0) is 19.8. The number of sulfonamides is 1. The predicted molar refractivity (Wildman–Crippen MR) is 104 cm³/mol. The number of H-pyrrole nitrogens is 1. The molecule has 1 aromatic carbocycles. The van der Waals surface area contributed by atoms with Gasteiger partial charge in [0, 0.05) is 24.7 Å². The van der Waals surface area contributed by atoms with Gasteiger partial charge in [0.2, 0.25) is 10.0 Å². The molecule has 1 aromatic heterocycles. The van der Waals surface area contributed by atoms with Gasteiger partial charge in [0.25, 0.3) is 5.91 Å². The van der Waals surface area contributed by atoms with Gasteiger partial charge < -0.3 is 4.90 Å². The van der Waals surface area contributed by atoms with Gasteiger partial charge in [-0.3, -0.25) is 9.89 Å². The predicted octanol–water partition coefficient (Wildman–Crippen LogP) is 2.92. The van der Waals surface area contributed by atoms with Crippen LogP contribution in [-0.4, -0.2) is 48.6 Å². The molecule has 2 N–H and O–H groups in total. The van der Waals surface area contributed by atoms with Crippen LogP contribution in [-0.2, 0) is 10.0 Å². The van der Waals surface area contributed by atoms with E-state index in [0.29, 0.717) is 52.9 Å². The summed E-state index contributed by atoms with van der Waals surface area (Å²) in [6.07, 6.45) is 1.06. The highest BCUT2D eigenvalue weighted by Gasteiger charge is 2.29. The minimum atomic E-state index is -3.66. The molecule has 27 heavy (non-hydrogen) atoms. The Morgan fingerprint density at radius 3 is 2.44 bits per heavy atom. The van der Waals surface area contributed by atoms with Crippen LogP contribution in [0.25, 0.3) is 0 Å². The number of aromatic nitrogens is 2. The molecular weight excluding hydrogens is 411 g/mol. The Kier molecular flexibility index (Phi) is 5.81. The third-order valence-electron chi connectivity index (χ3n) is 4.60. The number of halogens is 2. The van der Waals surface area contributed by atoms with Crippen molar-refractivity contribution >= 4 is 39.1 Å². The van der Waals surface area contributed by atoms with Crippen LogP contribution in [0.1, 0.15) is 34.6 Å². The number of nitrogens with zero attached hydrogens (tertiary/aromatic N) is 2. The summed E-state index contributed by atoms with van der Waals surface area (Å²) in [6, 6.07) is 4.54. The summed E-state index contributed by atoms with van der Waals surface area (Å²) in [5.41, 5.74) is 1.41. The van der Waals surface area contributed by atoms with Crippen molar-refractivity contribution in [1.82, 2.24) is 19.8 Å². The van der Waals surface area contributed by atoms with Crippen LogP contribution in [0.15, 0.2) is 23.1 Å². The molecule has 2 heterocycles. The Bertz CT molecular complexity index is 947. The fraction of sp³-hybridized carbons (Fsp3) is 0.412. The van der Waals surface area contributed by atoms with Gasteiger partial charge in [0.05, 0.1) is 21.4 Å². The van der Waals surface area contributed by atoms with E-state index in [1.54, 1.807) is 36.9 Å². The molecule has 0 radical (unpaired) electrons. The second-order valence-corrected chi connectivity index (χ2v) is 9.05. The van der Waals surface area contributed by atoms with Crippen LogP contribution >= 0.6 is 23.2 Å². The number of aromatic amines is 1. The summed E-state index contributed by atoms with van der Waals surface area (Å²) >= 11 is 11.9. The summed E-state index contributed by atoms with van der Waals surface area (Å²) in [7, 11) is -3.66. The Morgan fingerprint density at radius 1 is 1.22 bits per heavy atom. The quantitative estimate of drug-likeness (QED) is 0.778.